The Morgan fingerprint density at radius 2 is 1.91 bits per heavy atom. The van der Waals surface area contributed by atoms with Gasteiger partial charge in [-0.1, -0.05) is 30.1 Å². The molecule has 0 unspecified atom stereocenters. The molecule has 0 saturated heterocycles. The second-order valence-corrected chi connectivity index (χ2v) is 5.71. The molecule has 118 valence electrons. The molecule has 0 fully saturated rings. The third-order valence-electron chi connectivity index (χ3n) is 3.12. The molecule has 4 nitrogen and oxygen atoms in total. The lowest BCUT2D eigenvalue weighted by atomic mass is 10.1. The number of hydrogen-bond donors (Lipinski definition) is 0. The molecule has 0 N–H and O–H groups in total. The first-order chi connectivity index (χ1) is 11.2. The highest BCUT2D eigenvalue weighted by atomic mass is 35.5. The van der Waals surface area contributed by atoms with Gasteiger partial charge in [0.05, 0.1) is 23.6 Å². The highest BCUT2D eigenvalue weighted by Gasteiger charge is 2.13. The summed E-state index contributed by atoms with van der Waals surface area (Å²) in [4.78, 5) is 8.83. The summed E-state index contributed by atoms with van der Waals surface area (Å²) < 4.78 is 11.0. The van der Waals surface area contributed by atoms with Gasteiger partial charge in [-0.25, -0.2) is 0 Å². The van der Waals surface area contributed by atoms with Crippen molar-refractivity contribution in [3.8, 4) is 28.7 Å². The molecule has 0 radical (unpaired) electrons. The molecule has 0 atom stereocenters. The Morgan fingerprint density at radius 1 is 1.09 bits per heavy atom. The summed E-state index contributed by atoms with van der Waals surface area (Å²) in [6, 6.07) is 11.0. The quantitative estimate of drug-likeness (QED) is 0.610. The maximum absolute atomic E-state index is 6.29. The lowest BCUT2D eigenvalue weighted by Gasteiger charge is -2.09. The zero-order valence-electron chi connectivity index (χ0n) is 12.4. The number of hydrogen-bond acceptors (Lipinski definition) is 4. The molecule has 1 aromatic carbocycles. The second kappa shape index (κ2) is 7.02. The van der Waals surface area contributed by atoms with Gasteiger partial charge >= 0.3 is 6.01 Å². The van der Waals surface area contributed by atoms with Crippen LogP contribution in [0.25, 0.3) is 22.7 Å². The topological polar surface area (TPSA) is 48.2 Å². The van der Waals surface area contributed by atoms with Crippen molar-refractivity contribution in [3.63, 3.8) is 0 Å². The monoisotopic (exact) mass is 348 g/mol. The van der Waals surface area contributed by atoms with E-state index in [-0.39, 0.29) is 0 Å². The van der Waals surface area contributed by atoms with Crippen LogP contribution in [0.3, 0.4) is 0 Å². The number of nitrogens with zero attached hydrogens (tertiary/aromatic N) is 2. The largest absolute Gasteiger partial charge is 0.463 e. The van der Waals surface area contributed by atoms with Gasteiger partial charge in [-0.05, 0) is 42.8 Å². The van der Waals surface area contributed by atoms with Crippen LogP contribution in [0.5, 0.6) is 6.01 Å². The third-order valence-corrected chi connectivity index (χ3v) is 3.67. The maximum Gasteiger partial charge on any atom is 0.317 e. The van der Waals surface area contributed by atoms with Gasteiger partial charge in [-0.15, -0.1) is 0 Å². The van der Waals surface area contributed by atoms with E-state index in [9.17, 15) is 0 Å². The van der Waals surface area contributed by atoms with E-state index in [4.69, 9.17) is 32.4 Å². The van der Waals surface area contributed by atoms with Gasteiger partial charge < -0.3 is 9.15 Å². The predicted octanol–water partition coefficient (Wildman–Crippen LogP) is 5.50. The summed E-state index contributed by atoms with van der Waals surface area (Å²) >= 11 is 12.2. The predicted molar refractivity (Wildman–Crippen MR) is 91.0 cm³/mol. The van der Waals surface area contributed by atoms with Gasteiger partial charge in [0.15, 0.2) is 5.76 Å². The number of rotatable bonds is 5. The standard InChI is InChI=1S/C17H14Cl2N2O2/c1-2-7-23-17-20-14(12-6-5-11(18)9-13(12)19)10-15(21-17)16-4-3-8-22-16/h3-6,8-10H,2,7H2,1H3. The zero-order chi connectivity index (χ0) is 16.2. The van der Waals surface area contributed by atoms with Crippen LogP contribution in [0, 0.1) is 0 Å². The fourth-order valence-electron chi connectivity index (χ4n) is 2.07. The molecule has 3 rings (SSSR count). The van der Waals surface area contributed by atoms with Crippen molar-refractivity contribution in [3.05, 3.63) is 52.7 Å². The van der Waals surface area contributed by atoms with Crippen LogP contribution in [0.1, 0.15) is 13.3 Å². The first kappa shape index (κ1) is 15.8. The van der Waals surface area contributed by atoms with E-state index in [0.717, 1.165) is 12.0 Å². The Balaban J connectivity index is 2.09. The fraction of sp³-hybridized carbons (Fsp3) is 0.176. The molecule has 0 aliphatic carbocycles. The van der Waals surface area contributed by atoms with Crippen molar-refractivity contribution in [2.24, 2.45) is 0 Å². The van der Waals surface area contributed by atoms with Gasteiger partial charge in [-0.2, -0.15) is 9.97 Å². The molecular weight excluding hydrogens is 335 g/mol. The van der Waals surface area contributed by atoms with Crippen LogP contribution in [0.15, 0.2) is 47.1 Å². The highest BCUT2D eigenvalue weighted by Crippen LogP contribution is 2.32. The molecule has 6 heteroatoms. The maximum atomic E-state index is 6.29. The Morgan fingerprint density at radius 3 is 2.61 bits per heavy atom. The normalized spacial score (nSPS) is 10.7. The van der Waals surface area contributed by atoms with Crippen molar-refractivity contribution in [1.82, 2.24) is 9.97 Å². The van der Waals surface area contributed by atoms with E-state index >= 15 is 0 Å². The number of halogens is 2. The van der Waals surface area contributed by atoms with Gasteiger partial charge in [0, 0.05) is 10.6 Å². The van der Waals surface area contributed by atoms with E-state index in [2.05, 4.69) is 9.97 Å². The molecule has 3 aromatic rings. The summed E-state index contributed by atoms with van der Waals surface area (Å²) in [6.45, 7) is 2.56. The van der Waals surface area contributed by atoms with Crippen molar-refractivity contribution >= 4 is 23.2 Å². The minimum atomic E-state index is 0.293. The van der Waals surface area contributed by atoms with Crippen molar-refractivity contribution in [2.75, 3.05) is 6.61 Å². The van der Waals surface area contributed by atoms with E-state index in [1.165, 1.54) is 0 Å². The lowest BCUT2D eigenvalue weighted by Crippen LogP contribution is -2.02. The number of benzene rings is 1. The van der Waals surface area contributed by atoms with Crippen LogP contribution in [0.4, 0.5) is 0 Å². The Bertz CT molecular complexity index is 804. The first-order valence-corrected chi connectivity index (χ1v) is 7.94. The number of ether oxygens (including phenoxy) is 1. The molecule has 2 aromatic heterocycles. The van der Waals surface area contributed by atoms with E-state index in [1.54, 1.807) is 24.5 Å². The average molecular weight is 349 g/mol. The molecular formula is C17H14Cl2N2O2. The smallest absolute Gasteiger partial charge is 0.317 e. The molecule has 23 heavy (non-hydrogen) atoms. The van der Waals surface area contributed by atoms with E-state index in [0.29, 0.717) is 39.8 Å². The molecule has 0 spiro atoms. The van der Waals surface area contributed by atoms with Gasteiger partial charge in [-0.3, -0.25) is 0 Å². The first-order valence-electron chi connectivity index (χ1n) is 7.18. The van der Waals surface area contributed by atoms with Crippen LogP contribution < -0.4 is 4.74 Å². The van der Waals surface area contributed by atoms with Crippen molar-refractivity contribution in [2.45, 2.75) is 13.3 Å². The van der Waals surface area contributed by atoms with E-state index in [1.807, 2.05) is 25.1 Å². The number of furan rings is 1. The Kier molecular flexibility index (Phi) is 4.84. The molecule has 0 aliphatic heterocycles. The Labute approximate surface area is 144 Å². The third kappa shape index (κ3) is 3.66. The Hall–Kier alpha value is -2.04. The number of aromatic nitrogens is 2. The molecule has 0 saturated carbocycles. The summed E-state index contributed by atoms with van der Waals surface area (Å²) in [6.07, 6.45) is 2.46. The van der Waals surface area contributed by atoms with E-state index < -0.39 is 0 Å². The zero-order valence-corrected chi connectivity index (χ0v) is 13.9. The average Bonchev–Trinajstić information content (AvgIpc) is 3.07. The summed E-state index contributed by atoms with van der Waals surface area (Å²) in [7, 11) is 0. The minimum Gasteiger partial charge on any atom is -0.463 e. The van der Waals surface area contributed by atoms with Gasteiger partial charge in [0.1, 0.15) is 5.69 Å². The molecule has 0 aliphatic rings. The van der Waals surface area contributed by atoms with Crippen molar-refractivity contribution in [1.29, 1.82) is 0 Å². The molecule has 0 amide bonds. The van der Waals surface area contributed by atoms with Gasteiger partial charge in [0.2, 0.25) is 0 Å². The van der Waals surface area contributed by atoms with Crippen LogP contribution in [-0.2, 0) is 0 Å². The summed E-state index contributed by atoms with van der Waals surface area (Å²) in [5.74, 6) is 0.639. The van der Waals surface area contributed by atoms with Gasteiger partial charge in [0.25, 0.3) is 0 Å². The van der Waals surface area contributed by atoms with Crippen LogP contribution >= 0.6 is 23.2 Å². The summed E-state index contributed by atoms with van der Waals surface area (Å²) in [5.41, 5.74) is 2.05. The SMILES string of the molecule is CCCOc1nc(-c2ccco2)cc(-c2ccc(Cl)cc2Cl)n1. The highest BCUT2D eigenvalue weighted by molar-refractivity contribution is 6.36. The van der Waals surface area contributed by atoms with Crippen LogP contribution in [0.2, 0.25) is 10.0 Å². The molecule has 2 heterocycles. The second-order valence-electron chi connectivity index (χ2n) is 4.87. The fourth-order valence-corrected chi connectivity index (χ4v) is 2.57. The summed E-state index contributed by atoms with van der Waals surface area (Å²) in [5, 5.41) is 1.09. The molecule has 0 bridgehead atoms. The minimum absolute atomic E-state index is 0.293. The van der Waals surface area contributed by atoms with Crippen LogP contribution in [-0.4, -0.2) is 16.6 Å². The van der Waals surface area contributed by atoms with Crippen molar-refractivity contribution < 1.29 is 9.15 Å². The lowest BCUT2D eigenvalue weighted by molar-refractivity contribution is 0.293.